The molecule has 0 atom stereocenters. The molecule has 1 heterocycles. The fourth-order valence-corrected chi connectivity index (χ4v) is 1.81. The fourth-order valence-electron chi connectivity index (χ4n) is 1.81. The quantitative estimate of drug-likeness (QED) is 0.629. The summed E-state index contributed by atoms with van der Waals surface area (Å²) in [4.78, 5) is 26.0. The lowest BCUT2D eigenvalue weighted by Gasteiger charge is -2.00. The topological polar surface area (TPSA) is 59.2 Å². The smallest absolute Gasteiger partial charge is 0.355 e. The number of rotatable bonds is 4. The number of nitrogens with one attached hydrogen (secondary N) is 1. The number of aromatic amines is 1. The Morgan fingerprint density at radius 3 is 2.31 bits per heavy atom. The summed E-state index contributed by atoms with van der Waals surface area (Å²) in [5.41, 5.74) is 2.49. The van der Waals surface area contributed by atoms with E-state index in [0.29, 0.717) is 29.8 Å². The maximum atomic E-state index is 11.6. The Bertz CT molecular complexity index is 418. The molecule has 88 valence electrons. The molecule has 16 heavy (non-hydrogen) atoms. The van der Waals surface area contributed by atoms with Crippen LogP contribution in [0.1, 0.15) is 52.9 Å². The lowest BCUT2D eigenvalue weighted by Crippen LogP contribution is -2.07. The third-order valence-electron chi connectivity index (χ3n) is 2.51. The molecule has 0 fully saturated rings. The number of carbonyl (C=O) groups excluding carboxylic acids is 2. The summed E-state index contributed by atoms with van der Waals surface area (Å²) in [5, 5.41) is 0. The van der Waals surface area contributed by atoms with Crippen molar-refractivity contribution in [2.75, 3.05) is 6.61 Å². The van der Waals surface area contributed by atoms with Gasteiger partial charge in [-0.25, -0.2) is 4.79 Å². The molecule has 0 aromatic carbocycles. The van der Waals surface area contributed by atoms with Gasteiger partial charge in [0.15, 0.2) is 5.78 Å². The average molecular weight is 223 g/mol. The van der Waals surface area contributed by atoms with Gasteiger partial charge in [0.1, 0.15) is 5.69 Å². The standard InChI is InChI=1S/C12H17NO3/c1-5-9-10(8(4)14)7(3)11(13-9)12(15)16-6-2/h13H,5-6H2,1-4H3. The van der Waals surface area contributed by atoms with Gasteiger partial charge in [0.25, 0.3) is 0 Å². The Hall–Kier alpha value is -1.58. The molecule has 0 amide bonds. The molecule has 0 bridgehead atoms. The Morgan fingerprint density at radius 1 is 1.31 bits per heavy atom. The van der Waals surface area contributed by atoms with Crippen molar-refractivity contribution in [3.8, 4) is 0 Å². The van der Waals surface area contributed by atoms with E-state index in [-0.39, 0.29) is 5.78 Å². The van der Waals surface area contributed by atoms with Crippen molar-refractivity contribution >= 4 is 11.8 Å². The highest BCUT2D eigenvalue weighted by Gasteiger charge is 2.21. The van der Waals surface area contributed by atoms with Gasteiger partial charge in [-0.05, 0) is 32.8 Å². The number of carbonyl (C=O) groups is 2. The highest BCUT2D eigenvalue weighted by molar-refractivity contribution is 6.01. The maximum Gasteiger partial charge on any atom is 0.355 e. The number of ketones is 1. The van der Waals surface area contributed by atoms with E-state index in [2.05, 4.69) is 4.98 Å². The molecule has 0 aliphatic heterocycles. The van der Waals surface area contributed by atoms with Crippen LogP contribution in [0.5, 0.6) is 0 Å². The Kier molecular flexibility index (Phi) is 3.88. The van der Waals surface area contributed by atoms with Crippen molar-refractivity contribution in [1.29, 1.82) is 0 Å². The molecular weight excluding hydrogens is 206 g/mol. The first kappa shape index (κ1) is 12.5. The van der Waals surface area contributed by atoms with E-state index in [1.807, 2.05) is 6.92 Å². The lowest BCUT2D eigenvalue weighted by molar-refractivity contribution is 0.0519. The number of esters is 1. The number of Topliss-reactive ketones (excluding diaryl/α,β-unsaturated/α-hetero) is 1. The van der Waals surface area contributed by atoms with Gasteiger partial charge >= 0.3 is 5.97 Å². The van der Waals surface area contributed by atoms with Crippen LogP contribution < -0.4 is 0 Å². The van der Waals surface area contributed by atoms with Crippen LogP contribution in [0, 0.1) is 6.92 Å². The van der Waals surface area contributed by atoms with E-state index < -0.39 is 5.97 Å². The van der Waals surface area contributed by atoms with Crippen LogP contribution >= 0.6 is 0 Å². The minimum absolute atomic E-state index is 0.0267. The van der Waals surface area contributed by atoms with Crippen molar-refractivity contribution in [1.82, 2.24) is 4.98 Å². The maximum absolute atomic E-state index is 11.6. The van der Waals surface area contributed by atoms with Gasteiger partial charge < -0.3 is 9.72 Å². The predicted molar refractivity (Wildman–Crippen MR) is 60.9 cm³/mol. The average Bonchev–Trinajstić information content (AvgIpc) is 2.55. The highest BCUT2D eigenvalue weighted by Crippen LogP contribution is 2.20. The van der Waals surface area contributed by atoms with E-state index in [1.165, 1.54) is 6.92 Å². The molecule has 1 rings (SSSR count). The van der Waals surface area contributed by atoms with E-state index >= 15 is 0 Å². The normalized spacial score (nSPS) is 10.2. The first-order chi connectivity index (χ1) is 7.52. The summed E-state index contributed by atoms with van der Waals surface area (Å²) < 4.78 is 4.92. The molecule has 0 aliphatic rings. The number of aromatic nitrogens is 1. The Morgan fingerprint density at radius 2 is 1.94 bits per heavy atom. The zero-order chi connectivity index (χ0) is 12.3. The molecular formula is C12H17NO3. The summed E-state index contributed by atoms with van der Waals surface area (Å²) in [6.07, 6.45) is 0.690. The van der Waals surface area contributed by atoms with Gasteiger partial charge in [-0.3, -0.25) is 4.79 Å². The summed E-state index contributed by atoms with van der Waals surface area (Å²) in [5.74, 6) is -0.427. The van der Waals surface area contributed by atoms with Gasteiger partial charge in [-0.2, -0.15) is 0 Å². The molecule has 4 heteroatoms. The highest BCUT2D eigenvalue weighted by atomic mass is 16.5. The van der Waals surface area contributed by atoms with E-state index in [0.717, 1.165) is 5.69 Å². The van der Waals surface area contributed by atoms with E-state index in [4.69, 9.17) is 4.74 Å². The third-order valence-corrected chi connectivity index (χ3v) is 2.51. The summed E-state index contributed by atoms with van der Waals surface area (Å²) in [7, 11) is 0. The van der Waals surface area contributed by atoms with Gasteiger partial charge in [0, 0.05) is 11.3 Å². The van der Waals surface area contributed by atoms with Gasteiger partial charge in [-0.15, -0.1) is 0 Å². The molecule has 1 aromatic rings. The second-order valence-electron chi connectivity index (χ2n) is 3.61. The monoisotopic (exact) mass is 223 g/mol. The number of H-pyrrole nitrogens is 1. The molecule has 0 unspecified atom stereocenters. The van der Waals surface area contributed by atoms with Crippen LogP contribution in [0.15, 0.2) is 0 Å². The van der Waals surface area contributed by atoms with Crippen LogP contribution in [0.3, 0.4) is 0 Å². The Labute approximate surface area is 95.0 Å². The first-order valence-electron chi connectivity index (χ1n) is 5.42. The zero-order valence-corrected chi connectivity index (χ0v) is 10.1. The number of hydrogen-bond acceptors (Lipinski definition) is 3. The summed E-state index contributed by atoms with van der Waals surface area (Å²) in [6.45, 7) is 7.28. The molecule has 1 aromatic heterocycles. The molecule has 4 nitrogen and oxygen atoms in total. The molecule has 1 N–H and O–H groups in total. The van der Waals surface area contributed by atoms with Crippen molar-refractivity contribution in [3.63, 3.8) is 0 Å². The van der Waals surface area contributed by atoms with Crippen LogP contribution in [0.4, 0.5) is 0 Å². The third kappa shape index (κ3) is 2.15. The minimum Gasteiger partial charge on any atom is -0.461 e. The van der Waals surface area contributed by atoms with Crippen LogP contribution in [0.25, 0.3) is 0 Å². The SMILES string of the molecule is CCOC(=O)c1[nH]c(CC)c(C(C)=O)c1C. The molecule has 0 radical (unpaired) electrons. The van der Waals surface area contributed by atoms with Gasteiger partial charge in [0.05, 0.1) is 6.61 Å². The summed E-state index contributed by atoms with van der Waals surface area (Å²) in [6, 6.07) is 0. The molecule has 0 aliphatic carbocycles. The van der Waals surface area contributed by atoms with Crippen molar-refractivity contribution in [2.24, 2.45) is 0 Å². The van der Waals surface area contributed by atoms with Gasteiger partial charge in [0.2, 0.25) is 0 Å². The van der Waals surface area contributed by atoms with Crippen molar-refractivity contribution < 1.29 is 14.3 Å². The van der Waals surface area contributed by atoms with E-state index in [1.54, 1.807) is 13.8 Å². The largest absolute Gasteiger partial charge is 0.461 e. The first-order valence-corrected chi connectivity index (χ1v) is 5.42. The second kappa shape index (κ2) is 4.96. The predicted octanol–water partition coefficient (Wildman–Crippen LogP) is 2.26. The fraction of sp³-hybridized carbons (Fsp3) is 0.500. The lowest BCUT2D eigenvalue weighted by atomic mass is 10.1. The van der Waals surface area contributed by atoms with Crippen molar-refractivity contribution in [2.45, 2.75) is 34.1 Å². The van der Waals surface area contributed by atoms with Crippen LogP contribution in [0.2, 0.25) is 0 Å². The molecule has 0 saturated heterocycles. The second-order valence-corrected chi connectivity index (χ2v) is 3.61. The van der Waals surface area contributed by atoms with Crippen LogP contribution in [-0.2, 0) is 11.2 Å². The molecule has 0 saturated carbocycles. The number of aryl methyl sites for hydroxylation is 1. The number of ether oxygens (including phenoxy) is 1. The van der Waals surface area contributed by atoms with Crippen LogP contribution in [-0.4, -0.2) is 23.3 Å². The molecule has 0 spiro atoms. The zero-order valence-electron chi connectivity index (χ0n) is 10.1. The number of hydrogen-bond donors (Lipinski definition) is 1. The van der Waals surface area contributed by atoms with Gasteiger partial charge in [-0.1, -0.05) is 6.92 Å². The van der Waals surface area contributed by atoms with E-state index in [9.17, 15) is 9.59 Å². The Balaban J connectivity index is 3.23. The minimum atomic E-state index is -0.401. The van der Waals surface area contributed by atoms with Crippen molar-refractivity contribution in [3.05, 3.63) is 22.5 Å². The summed E-state index contributed by atoms with van der Waals surface area (Å²) >= 11 is 0.